The molecule has 105 valence electrons. The molecular weight excluding hydrogens is 240 g/mol. The molecule has 0 unspecified atom stereocenters. The summed E-state index contributed by atoms with van der Waals surface area (Å²) in [4.78, 5) is 21.3. The summed E-state index contributed by atoms with van der Waals surface area (Å²) in [5.41, 5.74) is 1.76. The second-order valence-corrected chi connectivity index (χ2v) is 4.55. The van der Waals surface area contributed by atoms with Gasteiger partial charge in [0.15, 0.2) is 0 Å². The number of aryl methyl sites for hydroxylation is 1. The van der Waals surface area contributed by atoms with Crippen molar-refractivity contribution in [3.8, 4) is 0 Å². The van der Waals surface area contributed by atoms with E-state index in [-0.39, 0.29) is 0 Å². The van der Waals surface area contributed by atoms with E-state index in [9.17, 15) is 4.79 Å². The first-order valence-electron chi connectivity index (χ1n) is 7.00. The molecule has 1 radical (unpaired) electrons. The number of benzene rings is 1. The van der Waals surface area contributed by atoms with Crippen molar-refractivity contribution >= 4 is 5.97 Å². The predicted octanol–water partition coefficient (Wildman–Crippen LogP) is 4.12. The van der Waals surface area contributed by atoms with Crippen LogP contribution in [0, 0.1) is 6.92 Å². The first kappa shape index (κ1) is 15.7. The van der Waals surface area contributed by atoms with Gasteiger partial charge in [-0.25, -0.2) is 4.79 Å². The molecular formula is C16H23O3. The van der Waals surface area contributed by atoms with Crippen molar-refractivity contribution in [3.05, 3.63) is 42.3 Å². The molecule has 0 heterocycles. The second kappa shape index (κ2) is 9.56. The first-order valence-corrected chi connectivity index (χ1v) is 7.00. The molecule has 0 aliphatic carbocycles. The van der Waals surface area contributed by atoms with Crippen LogP contribution in [-0.4, -0.2) is 12.6 Å². The molecule has 0 aliphatic heterocycles. The summed E-state index contributed by atoms with van der Waals surface area (Å²) < 4.78 is 0. The lowest BCUT2D eigenvalue weighted by Crippen LogP contribution is -2.07. The summed E-state index contributed by atoms with van der Waals surface area (Å²) in [7, 11) is 0. The van der Waals surface area contributed by atoms with E-state index in [4.69, 9.17) is 9.78 Å². The third kappa shape index (κ3) is 6.39. The zero-order valence-corrected chi connectivity index (χ0v) is 11.7. The van der Waals surface area contributed by atoms with Crippen molar-refractivity contribution in [1.82, 2.24) is 0 Å². The van der Waals surface area contributed by atoms with Gasteiger partial charge in [-0.15, -0.1) is 0 Å². The highest BCUT2D eigenvalue weighted by Gasteiger charge is 2.07. The minimum atomic E-state index is -0.430. The summed E-state index contributed by atoms with van der Waals surface area (Å²) in [5, 5.41) is 0. The van der Waals surface area contributed by atoms with Gasteiger partial charge in [0.1, 0.15) is 0 Å². The van der Waals surface area contributed by atoms with E-state index < -0.39 is 5.97 Å². The van der Waals surface area contributed by atoms with E-state index in [2.05, 4.69) is 13.8 Å². The first-order chi connectivity index (χ1) is 9.27. The van der Waals surface area contributed by atoms with Gasteiger partial charge in [0.2, 0.25) is 0 Å². The van der Waals surface area contributed by atoms with Crippen LogP contribution in [-0.2, 0) is 16.2 Å². The van der Waals surface area contributed by atoms with Gasteiger partial charge in [-0.1, -0.05) is 51.7 Å². The number of hydrogen-bond donors (Lipinski definition) is 0. The van der Waals surface area contributed by atoms with Crippen LogP contribution < -0.4 is 0 Å². The summed E-state index contributed by atoms with van der Waals surface area (Å²) in [5.74, 6) is -0.430. The average molecular weight is 263 g/mol. The topological polar surface area (TPSA) is 35.5 Å². The summed E-state index contributed by atoms with van der Waals surface area (Å²) in [6.45, 7) is 6.34. The molecule has 1 aromatic rings. The van der Waals surface area contributed by atoms with E-state index in [0.29, 0.717) is 12.2 Å². The molecule has 0 bridgehead atoms. The Kier molecular flexibility index (Phi) is 7.91. The van der Waals surface area contributed by atoms with Gasteiger partial charge in [-0.3, -0.25) is 4.89 Å². The molecule has 0 saturated carbocycles. The van der Waals surface area contributed by atoms with Gasteiger partial charge >= 0.3 is 5.97 Å². The monoisotopic (exact) mass is 263 g/mol. The number of carbonyl (C=O) groups excluding carboxylic acids is 1. The largest absolute Gasteiger partial charge is 0.373 e. The highest BCUT2D eigenvalue weighted by Crippen LogP contribution is 2.08. The van der Waals surface area contributed by atoms with Gasteiger partial charge in [-0.05, 0) is 30.5 Å². The Hall–Kier alpha value is -1.35. The normalized spacial score (nSPS) is 10.4. The van der Waals surface area contributed by atoms with E-state index in [1.165, 1.54) is 5.56 Å². The predicted molar refractivity (Wildman–Crippen MR) is 75.6 cm³/mol. The van der Waals surface area contributed by atoms with Crippen LogP contribution in [0.2, 0.25) is 0 Å². The van der Waals surface area contributed by atoms with Crippen LogP contribution in [0.25, 0.3) is 0 Å². The van der Waals surface area contributed by atoms with E-state index in [0.717, 1.165) is 38.5 Å². The van der Waals surface area contributed by atoms with Crippen LogP contribution in [0.3, 0.4) is 0 Å². The molecule has 0 fully saturated rings. The zero-order valence-electron chi connectivity index (χ0n) is 11.7. The van der Waals surface area contributed by atoms with Gasteiger partial charge in [0.25, 0.3) is 0 Å². The average Bonchev–Trinajstić information content (AvgIpc) is 2.43. The van der Waals surface area contributed by atoms with E-state index >= 15 is 0 Å². The maximum atomic E-state index is 11.6. The minimum Gasteiger partial charge on any atom is -0.293 e. The fourth-order valence-electron chi connectivity index (χ4n) is 1.75. The third-order valence-corrected chi connectivity index (χ3v) is 2.84. The fourth-order valence-corrected chi connectivity index (χ4v) is 1.75. The standard InChI is InChI=1S/C16H23O3/c1-3-5-6-7-13-18-19-16(17)15-11-9-14(8-4-2)10-12-15/h9-12H,1,3-8,13H2,2H3. The second-order valence-electron chi connectivity index (χ2n) is 4.55. The van der Waals surface area contributed by atoms with Crippen molar-refractivity contribution in [2.24, 2.45) is 0 Å². The Morgan fingerprint density at radius 2 is 1.89 bits per heavy atom. The summed E-state index contributed by atoms with van der Waals surface area (Å²) in [6.07, 6.45) is 6.07. The van der Waals surface area contributed by atoms with E-state index in [1.54, 1.807) is 12.1 Å². The third-order valence-electron chi connectivity index (χ3n) is 2.84. The van der Waals surface area contributed by atoms with Crippen LogP contribution in [0.5, 0.6) is 0 Å². The van der Waals surface area contributed by atoms with Crippen molar-refractivity contribution in [2.75, 3.05) is 6.61 Å². The maximum Gasteiger partial charge on any atom is 0.373 e. The molecule has 0 aromatic heterocycles. The Labute approximate surface area is 115 Å². The lowest BCUT2D eigenvalue weighted by atomic mass is 10.1. The van der Waals surface area contributed by atoms with Crippen LogP contribution in [0.15, 0.2) is 24.3 Å². The molecule has 0 amide bonds. The Morgan fingerprint density at radius 1 is 1.16 bits per heavy atom. The van der Waals surface area contributed by atoms with Crippen molar-refractivity contribution in [2.45, 2.75) is 45.4 Å². The molecule has 19 heavy (non-hydrogen) atoms. The molecule has 0 N–H and O–H groups in total. The highest BCUT2D eigenvalue weighted by molar-refractivity contribution is 5.88. The van der Waals surface area contributed by atoms with Crippen molar-refractivity contribution in [1.29, 1.82) is 0 Å². The maximum absolute atomic E-state index is 11.6. The lowest BCUT2D eigenvalue weighted by molar-refractivity contribution is -0.241. The lowest BCUT2D eigenvalue weighted by Gasteiger charge is -2.04. The Balaban J connectivity index is 2.25. The molecule has 3 nitrogen and oxygen atoms in total. The molecule has 3 heteroatoms. The quantitative estimate of drug-likeness (QED) is 0.382. The van der Waals surface area contributed by atoms with Gasteiger partial charge < -0.3 is 0 Å². The number of unbranched alkanes of at least 4 members (excludes halogenated alkanes) is 3. The summed E-state index contributed by atoms with van der Waals surface area (Å²) >= 11 is 0. The summed E-state index contributed by atoms with van der Waals surface area (Å²) in [6, 6.07) is 7.46. The van der Waals surface area contributed by atoms with E-state index in [1.807, 2.05) is 12.1 Å². The SMILES string of the molecule is [CH2]CCCCCOOC(=O)c1ccc(CCC)cc1. The Morgan fingerprint density at radius 3 is 2.53 bits per heavy atom. The molecule has 1 rings (SSSR count). The Bertz CT molecular complexity index is 357. The van der Waals surface area contributed by atoms with Gasteiger partial charge in [0.05, 0.1) is 12.2 Å². The van der Waals surface area contributed by atoms with Gasteiger partial charge in [-0.2, -0.15) is 4.89 Å². The molecule has 0 aliphatic rings. The minimum absolute atomic E-state index is 0.430. The molecule has 1 aromatic carbocycles. The van der Waals surface area contributed by atoms with Crippen LogP contribution in [0.1, 0.15) is 54.9 Å². The van der Waals surface area contributed by atoms with Crippen LogP contribution in [0.4, 0.5) is 0 Å². The number of carbonyl (C=O) groups is 1. The van der Waals surface area contributed by atoms with Crippen LogP contribution >= 0.6 is 0 Å². The number of rotatable bonds is 9. The molecule has 0 saturated heterocycles. The van der Waals surface area contributed by atoms with Crippen molar-refractivity contribution in [3.63, 3.8) is 0 Å². The fraction of sp³-hybridized carbons (Fsp3) is 0.500. The highest BCUT2D eigenvalue weighted by atomic mass is 17.2. The van der Waals surface area contributed by atoms with Gasteiger partial charge in [0, 0.05) is 0 Å². The molecule has 0 spiro atoms. The zero-order chi connectivity index (χ0) is 13.9. The van der Waals surface area contributed by atoms with Crippen molar-refractivity contribution < 1.29 is 14.6 Å². The smallest absolute Gasteiger partial charge is 0.293 e. The molecule has 0 atom stereocenters. The number of hydrogen-bond acceptors (Lipinski definition) is 3.